The molecule has 2 N–H and O–H groups in total. The molecular weight excluding hydrogens is 208 g/mol. The van der Waals surface area contributed by atoms with Crippen LogP contribution in [-0.2, 0) is 6.42 Å². The van der Waals surface area contributed by atoms with E-state index in [1.807, 2.05) is 18.3 Å². The summed E-state index contributed by atoms with van der Waals surface area (Å²) in [5, 5.41) is 0. The SMILES string of the molecule is Cc1cc(N)cc(C2CCc3cccnc32)c1. The summed E-state index contributed by atoms with van der Waals surface area (Å²) in [5.41, 5.74) is 11.9. The Morgan fingerprint density at radius 3 is 3.00 bits per heavy atom. The van der Waals surface area contributed by atoms with Crippen LogP contribution in [0.5, 0.6) is 0 Å². The van der Waals surface area contributed by atoms with Gasteiger partial charge in [0.15, 0.2) is 0 Å². The van der Waals surface area contributed by atoms with Crippen molar-refractivity contribution in [3.8, 4) is 0 Å². The molecule has 1 unspecified atom stereocenters. The highest BCUT2D eigenvalue weighted by Crippen LogP contribution is 2.37. The Morgan fingerprint density at radius 1 is 1.29 bits per heavy atom. The number of anilines is 1. The van der Waals surface area contributed by atoms with Gasteiger partial charge in [-0.1, -0.05) is 12.1 Å². The quantitative estimate of drug-likeness (QED) is 0.756. The fourth-order valence-corrected chi connectivity index (χ4v) is 2.78. The largest absolute Gasteiger partial charge is 0.399 e. The summed E-state index contributed by atoms with van der Waals surface area (Å²) in [5.74, 6) is 0.424. The first-order valence-electron chi connectivity index (χ1n) is 6.05. The van der Waals surface area contributed by atoms with Crippen molar-refractivity contribution in [3.63, 3.8) is 0 Å². The molecule has 0 radical (unpaired) electrons. The fraction of sp³-hybridized carbons (Fsp3) is 0.267. The van der Waals surface area contributed by atoms with Gasteiger partial charge in [-0.2, -0.15) is 0 Å². The molecule has 0 spiro atoms. The van der Waals surface area contributed by atoms with Crippen LogP contribution in [0.4, 0.5) is 5.69 Å². The van der Waals surface area contributed by atoms with Crippen molar-refractivity contribution in [1.82, 2.24) is 4.98 Å². The van der Waals surface area contributed by atoms with E-state index in [-0.39, 0.29) is 0 Å². The second kappa shape index (κ2) is 3.88. The Kier molecular flexibility index (Phi) is 2.36. The number of aryl methyl sites for hydroxylation is 2. The van der Waals surface area contributed by atoms with E-state index in [2.05, 4.69) is 30.1 Å². The number of aromatic nitrogens is 1. The third kappa shape index (κ3) is 1.80. The first-order valence-corrected chi connectivity index (χ1v) is 6.05. The molecule has 0 saturated carbocycles. The van der Waals surface area contributed by atoms with Crippen LogP contribution >= 0.6 is 0 Å². The van der Waals surface area contributed by atoms with E-state index in [0.29, 0.717) is 5.92 Å². The van der Waals surface area contributed by atoms with Gasteiger partial charge in [-0.3, -0.25) is 4.98 Å². The number of benzene rings is 1. The van der Waals surface area contributed by atoms with Crippen molar-refractivity contribution < 1.29 is 0 Å². The Hall–Kier alpha value is -1.83. The number of rotatable bonds is 1. The number of nitrogens with two attached hydrogens (primary N) is 1. The topological polar surface area (TPSA) is 38.9 Å². The molecule has 2 heteroatoms. The second-order valence-corrected chi connectivity index (χ2v) is 4.82. The van der Waals surface area contributed by atoms with E-state index in [4.69, 9.17) is 5.73 Å². The van der Waals surface area contributed by atoms with Crippen molar-refractivity contribution in [3.05, 3.63) is 58.9 Å². The minimum absolute atomic E-state index is 0.424. The molecule has 1 aliphatic carbocycles. The molecule has 0 aliphatic heterocycles. The maximum Gasteiger partial charge on any atom is 0.0510 e. The van der Waals surface area contributed by atoms with Crippen LogP contribution in [0.25, 0.3) is 0 Å². The Bertz CT molecular complexity index is 540. The molecule has 3 rings (SSSR count). The molecule has 1 atom stereocenters. The molecular formula is C15H16N2. The molecule has 17 heavy (non-hydrogen) atoms. The molecule has 1 aromatic heterocycles. The average Bonchev–Trinajstić information content (AvgIpc) is 2.71. The molecule has 1 aliphatic rings. The van der Waals surface area contributed by atoms with Gasteiger partial charge in [0.25, 0.3) is 0 Å². The summed E-state index contributed by atoms with van der Waals surface area (Å²) in [7, 11) is 0. The Balaban J connectivity index is 2.06. The van der Waals surface area contributed by atoms with Crippen LogP contribution < -0.4 is 5.73 Å². The number of hydrogen-bond donors (Lipinski definition) is 1. The van der Waals surface area contributed by atoms with Crippen LogP contribution in [0.1, 0.15) is 34.7 Å². The van der Waals surface area contributed by atoms with Gasteiger partial charge in [0.05, 0.1) is 5.69 Å². The lowest BCUT2D eigenvalue weighted by molar-refractivity contribution is 0.771. The van der Waals surface area contributed by atoms with E-state index in [9.17, 15) is 0 Å². The van der Waals surface area contributed by atoms with E-state index in [1.54, 1.807) is 0 Å². The van der Waals surface area contributed by atoms with Gasteiger partial charge in [0, 0.05) is 17.8 Å². The summed E-state index contributed by atoms with van der Waals surface area (Å²) in [6.07, 6.45) is 4.16. The molecule has 0 bridgehead atoms. The smallest absolute Gasteiger partial charge is 0.0510 e. The van der Waals surface area contributed by atoms with Crippen LogP contribution in [0.3, 0.4) is 0 Å². The zero-order chi connectivity index (χ0) is 11.8. The monoisotopic (exact) mass is 224 g/mol. The zero-order valence-corrected chi connectivity index (χ0v) is 9.98. The van der Waals surface area contributed by atoms with E-state index >= 15 is 0 Å². The minimum atomic E-state index is 0.424. The summed E-state index contributed by atoms with van der Waals surface area (Å²) < 4.78 is 0. The second-order valence-electron chi connectivity index (χ2n) is 4.82. The van der Waals surface area contributed by atoms with Crippen molar-refractivity contribution >= 4 is 5.69 Å². The van der Waals surface area contributed by atoms with Gasteiger partial charge in [-0.05, 0) is 54.7 Å². The highest BCUT2D eigenvalue weighted by atomic mass is 14.7. The highest BCUT2D eigenvalue weighted by molar-refractivity contribution is 5.48. The van der Waals surface area contributed by atoms with Gasteiger partial charge in [-0.15, -0.1) is 0 Å². The van der Waals surface area contributed by atoms with Crippen LogP contribution in [0.15, 0.2) is 36.5 Å². The average molecular weight is 224 g/mol. The molecule has 2 nitrogen and oxygen atoms in total. The first-order chi connectivity index (χ1) is 8.24. The maximum atomic E-state index is 5.93. The number of hydrogen-bond acceptors (Lipinski definition) is 2. The third-order valence-corrected chi connectivity index (χ3v) is 3.48. The number of nitrogens with zero attached hydrogens (tertiary/aromatic N) is 1. The molecule has 2 aromatic rings. The van der Waals surface area contributed by atoms with Gasteiger partial charge in [0.1, 0.15) is 0 Å². The third-order valence-electron chi connectivity index (χ3n) is 3.48. The number of pyridine rings is 1. The number of nitrogen functional groups attached to an aromatic ring is 1. The van der Waals surface area contributed by atoms with Gasteiger partial charge in [-0.25, -0.2) is 0 Å². The molecule has 1 heterocycles. The Labute approximate surface area is 102 Å². The summed E-state index contributed by atoms with van der Waals surface area (Å²) >= 11 is 0. The van der Waals surface area contributed by atoms with E-state index in [0.717, 1.165) is 18.5 Å². The van der Waals surface area contributed by atoms with Crippen molar-refractivity contribution in [1.29, 1.82) is 0 Å². The van der Waals surface area contributed by atoms with E-state index < -0.39 is 0 Å². The lowest BCUT2D eigenvalue weighted by Gasteiger charge is -2.12. The zero-order valence-electron chi connectivity index (χ0n) is 9.98. The first kappa shape index (κ1) is 10.3. The van der Waals surface area contributed by atoms with Gasteiger partial charge < -0.3 is 5.73 Å². The summed E-state index contributed by atoms with van der Waals surface area (Å²) in [6.45, 7) is 2.09. The van der Waals surface area contributed by atoms with Crippen LogP contribution in [-0.4, -0.2) is 4.98 Å². The number of fused-ring (bicyclic) bond motifs is 1. The lowest BCUT2D eigenvalue weighted by atomic mass is 9.94. The molecule has 1 aromatic carbocycles. The minimum Gasteiger partial charge on any atom is -0.399 e. The van der Waals surface area contributed by atoms with Crippen molar-refractivity contribution in [2.24, 2.45) is 0 Å². The molecule has 0 fully saturated rings. The van der Waals surface area contributed by atoms with Gasteiger partial charge >= 0.3 is 0 Å². The fourth-order valence-electron chi connectivity index (χ4n) is 2.78. The van der Waals surface area contributed by atoms with Crippen molar-refractivity contribution in [2.45, 2.75) is 25.7 Å². The maximum absolute atomic E-state index is 5.93. The standard InChI is InChI=1S/C15H16N2/c1-10-7-12(9-13(16)8-10)14-5-4-11-3-2-6-17-15(11)14/h2-3,6-9,14H,4-5,16H2,1H3. The highest BCUT2D eigenvalue weighted by Gasteiger charge is 2.25. The predicted octanol–water partition coefficient (Wildman–Crippen LogP) is 3.05. The molecule has 0 amide bonds. The van der Waals surface area contributed by atoms with Crippen LogP contribution in [0.2, 0.25) is 0 Å². The molecule has 86 valence electrons. The summed E-state index contributed by atoms with van der Waals surface area (Å²) in [4.78, 5) is 4.54. The lowest BCUT2D eigenvalue weighted by Crippen LogP contribution is -2.00. The predicted molar refractivity (Wildman–Crippen MR) is 70.0 cm³/mol. The summed E-state index contributed by atoms with van der Waals surface area (Å²) in [6, 6.07) is 10.5. The van der Waals surface area contributed by atoms with E-state index in [1.165, 1.54) is 22.4 Å². The van der Waals surface area contributed by atoms with Crippen molar-refractivity contribution in [2.75, 3.05) is 5.73 Å². The van der Waals surface area contributed by atoms with Gasteiger partial charge in [0.2, 0.25) is 0 Å². The Morgan fingerprint density at radius 2 is 2.18 bits per heavy atom. The normalized spacial score (nSPS) is 18.1. The van der Waals surface area contributed by atoms with Crippen LogP contribution in [0, 0.1) is 6.92 Å². The molecule has 0 saturated heterocycles.